The summed E-state index contributed by atoms with van der Waals surface area (Å²) in [5.74, 6) is -3.87. The zero-order valence-corrected chi connectivity index (χ0v) is 14.6. The van der Waals surface area contributed by atoms with Crippen LogP contribution >= 0.6 is 0 Å². The summed E-state index contributed by atoms with van der Waals surface area (Å²) in [6.07, 6.45) is -0.728. The van der Waals surface area contributed by atoms with E-state index < -0.39 is 42.4 Å². The van der Waals surface area contributed by atoms with Crippen LogP contribution in [-0.4, -0.2) is 51.3 Å². The zero-order valence-electron chi connectivity index (χ0n) is 14.6. The van der Waals surface area contributed by atoms with Crippen molar-refractivity contribution in [2.75, 3.05) is 0 Å². The highest BCUT2D eigenvalue weighted by Crippen LogP contribution is 2.04. The van der Waals surface area contributed by atoms with E-state index in [2.05, 4.69) is 10.6 Å². The molecule has 1 rings (SSSR count). The number of nitrogens with one attached hydrogen (secondary N) is 2. The van der Waals surface area contributed by atoms with Gasteiger partial charge in [-0.15, -0.1) is 0 Å². The second-order valence-electron chi connectivity index (χ2n) is 5.02. The lowest BCUT2D eigenvalue weighted by molar-refractivity contribution is -0.140. The molecule has 0 spiro atoms. The van der Waals surface area contributed by atoms with Crippen molar-refractivity contribution in [1.82, 2.24) is 10.6 Å². The zero-order chi connectivity index (χ0) is 20.1. The quantitative estimate of drug-likeness (QED) is 0.440. The normalized spacial score (nSPS) is 11.9. The van der Waals surface area contributed by atoms with Crippen LogP contribution in [0.5, 0.6) is 0 Å². The van der Waals surface area contributed by atoms with E-state index in [0.717, 1.165) is 0 Å². The minimum atomic E-state index is -1.42. The number of benzene rings is 1. The van der Waals surface area contributed by atoms with E-state index in [1.54, 1.807) is 30.3 Å². The first-order chi connectivity index (χ1) is 12.3. The second kappa shape index (κ2) is 12.3. The van der Waals surface area contributed by atoms with Gasteiger partial charge in [-0.2, -0.15) is 0 Å². The third-order valence-corrected chi connectivity index (χ3v) is 3.14. The lowest BCUT2D eigenvalue weighted by Crippen LogP contribution is -2.51. The second-order valence-corrected chi connectivity index (χ2v) is 5.02. The van der Waals surface area contributed by atoms with Gasteiger partial charge in [0, 0.05) is 12.8 Å². The monoisotopic (exact) mass is 368 g/mol. The van der Waals surface area contributed by atoms with Gasteiger partial charge in [-0.3, -0.25) is 4.79 Å². The van der Waals surface area contributed by atoms with Crippen LogP contribution in [0.3, 0.4) is 0 Å². The third kappa shape index (κ3) is 9.26. The van der Waals surface area contributed by atoms with Crippen molar-refractivity contribution in [2.24, 2.45) is 0 Å². The van der Waals surface area contributed by atoms with E-state index in [9.17, 15) is 19.2 Å². The number of hydrogen-bond donors (Lipinski definition) is 5. The number of carboxylic acids is 3. The first kappa shape index (κ1) is 22.9. The maximum Gasteiger partial charge on any atom is 0.326 e. The van der Waals surface area contributed by atoms with E-state index in [4.69, 9.17) is 15.3 Å². The fraction of sp³-hybridized carbons (Fsp3) is 0.412. The summed E-state index contributed by atoms with van der Waals surface area (Å²) in [7, 11) is 0. The van der Waals surface area contributed by atoms with Crippen molar-refractivity contribution >= 4 is 23.9 Å². The number of aliphatic carboxylic acids is 3. The largest absolute Gasteiger partial charge is 0.481 e. The highest BCUT2D eigenvalue weighted by molar-refractivity contribution is 5.86. The van der Waals surface area contributed by atoms with E-state index in [1.165, 1.54) is 0 Å². The van der Waals surface area contributed by atoms with Gasteiger partial charge in [0.05, 0.1) is 0 Å². The molecular formula is C17H24N2O7. The van der Waals surface area contributed by atoms with E-state index in [1.807, 2.05) is 13.8 Å². The van der Waals surface area contributed by atoms with Crippen molar-refractivity contribution in [3.63, 3.8) is 0 Å². The fourth-order valence-electron chi connectivity index (χ4n) is 1.93. The van der Waals surface area contributed by atoms with Crippen molar-refractivity contribution in [3.8, 4) is 0 Å². The van der Waals surface area contributed by atoms with Gasteiger partial charge in [0.1, 0.15) is 12.1 Å². The molecule has 0 aliphatic heterocycles. The van der Waals surface area contributed by atoms with Crippen molar-refractivity contribution in [2.45, 2.75) is 45.2 Å². The molecule has 2 amide bonds. The lowest BCUT2D eigenvalue weighted by atomic mass is 10.1. The number of hydrogen-bond acceptors (Lipinski definition) is 4. The summed E-state index contributed by atoms with van der Waals surface area (Å²) in [5, 5.41) is 30.9. The van der Waals surface area contributed by atoms with Crippen LogP contribution in [0.1, 0.15) is 32.3 Å². The van der Waals surface area contributed by atoms with E-state index >= 15 is 0 Å². The van der Waals surface area contributed by atoms with Crippen LogP contribution in [-0.2, 0) is 20.8 Å². The molecule has 0 bridgehead atoms. The van der Waals surface area contributed by atoms with Gasteiger partial charge >= 0.3 is 23.9 Å². The Morgan fingerprint density at radius 2 is 1.38 bits per heavy atom. The van der Waals surface area contributed by atoms with Crippen LogP contribution < -0.4 is 10.6 Å². The highest BCUT2D eigenvalue weighted by atomic mass is 16.4. The third-order valence-electron chi connectivity index (χ3n) is 3.14. The molecular weight excluding hydrogens is 344 g/mol. The average molecular weight is 368 g/mol. The Morgan fingerprint density at radius 1 is 0.885 bits per heavy atom. The number of carbonyl (C=O) groups excluding carboxylic acids is 1. The minimum Gasteiger partial charge on any atom is -0.481 e. The molecule has 0 heterocycles. The van der Waals surface area contributed by atoms with Gasteiger partial charge < -0.3 is 26.0 Å². The number of rotatable bonds is 9. The summed E-state index contributed by atoms with van der Waals surface area (Å²) in [4.78, 5) is 44.5. The number of carbonyl (C=O) groups is 4. The van der Waals surface area contributed by atoms with Crippen LogP contribution in [0.4, 0.5) is 4.79 Å². The molecule has 0 aromatic heterocycles. The maximum absolute atomic E-state index is 11.8. The first-order valence-electron chi connectivity index (χ1n) is 8.08. The Hall–Kier alpha value is -3.10. The molecule has 9 nitrogen and oxygen atoms in total. The number of carboxylic acid groups (broad SMARTS) is 3. The van der Waals surface area contributed by atoms with Gasteiger partial charge in [-0.05, 0) is 12.0 Å². The molecule has 144 valence electrons. The lowest BCUT2D eigenvalue weighted by Gasteiger charge is -2.18. The molecule has 9 heteroatoms. The summed E-state index contributed by atoms with van der Waals surface area (Å²) >= 11 is 0. The Labute approximate surface area is 151 Å². The summed E-state index contributed by atoms with van der Waals surface area (Å²) in [5.41, 5.74) is 0.686. The summed E-state index contributed by atoms with van der Waals surface area (Å²) < 4.78 is 0. The predicted molar refractivity (Wildman–Crippen MR) is 92.9 cm³/mol. The molecule has 0 saturated carbocycles. The Kier molecular flexibility index (Phi) is 10.8. The Morgan fingerprint density at radius 3 is 1.85 bits per heavy atom. The SMILES string of the molecule is CC.O=C(O)CCC(NC(=O)NC(Cc1ccccc1)C(=O)O)C(=O)O. The molecule has 1 aromatic carbocycles. The van der Waals surface area contributed by atoms with Crippen LogP contribution in [0.25, 0.3) is 0 Å². The Bertz CT molecular complexity index is 604. The summed E-state index contributed by atoms with van der Waals surface area (Å²) in [6, 6.07) is 4.94. The Balaban J connectivity index is 0.00000301. The van der Waals surface area contributed by atoms with Gasteiger partial charge in [-0.25, -0.2) is 14.4 Å². The maximum atomic E-state index is 11.8. The molecule has 0 aliphatic rings. The smallest absolute Gasteiger partial charge is 0.326 e. The van der Waals surface area contributed by atoms with Crippen LogP contribution in [0.15, 0.2) is 30.3 Å². The van der Waals surface area contributed by atoms with Crippen molar-refractivity contribution in [1.29, 1.82) is 0 Å². The molecule has 1 aromatic rings. The van der Waals surface area contributed by atoms with Gasteiger partial charge in [-0.1, -0.05) is 44.2 Å². The van der Waals surface area contributed by atoms with Crippen LogP contribution in [0.2, 0.25) is 0 Å². The number of amides is 2. The average Bonchev–Trinajstić information content (AvgIpc) is 2.60. The van der Waals surface area contributed by atoms with Gasteiger partial charge in [0.15, 0.2) is 0 Å². The molecule has 0 fully saturated rings. The minimum absolute atomic E-state index is 0.0243. The number of urea groups is 1. The molecule has 2 atom stereocenters. The first-order valence-corrected chi connectivity index (χ1v) is 8.08. The van der Waals surface area contributed by atoms with Gasteiger partial charge in [0.2, 0.25) is 0 Å². The molecule has 0 saturated heterocycles. The van der Waals surface area contributed by atoms with Gasteiger partial charge in [0.25, 0.3) is 0 Å². The topological polar surface area (TPSA) is 153 Å². The molecule has 5 N–H and O–H groups in total. The molecule has 2 unspecified atom stereocenters. The fourth-order valence-corrected chi connectivity index (χ4v) is 1.93. The van der Waals surface area contributed by atoms with E-state index in [-0.39, 0.29) is 12.8 Å². The van der Waals surface area contributed by atoms with E-state index in [0.29, 0.717) is 5.56 Å². The molecule has 0 radical (unpaired) electrons. The van der Waals surface area contributed by atoms with Crippen LogP contribution in [0, 0.1) is 0 Å². The summed E-state index contributed by atoms with van der Waals surface area (Å²) in [6.45, 7) is 4.00. The van der Waals surface area contributed by atoms with Crippen molar-refractivity contribution in [3.05, 3.63) is 35.9 Å². The molecule has 0 aliphatic carbocycles. The molecule has 26 heavy (non-hydrogen) atoms. The van der Waals surface area contributed by atoms with Crippen molar-refractivity contribution < 1.29 is 34.5 Å². The highest BCUT2D eigenvalue weighted by Gasteiger charge is 2.25. The standard InChI is InChI=1S/C15H18N2O7.C2H6/c18-12(19)7-6-10(13(20)21)16-15(24)17-11(14(22)23)8-9-4-2-1-3-5-9;1-2/h1-5,10-11H,6-8H2,(H,18,19)(H,20,21)(H,22,23)(H2,16,17,24);1-2H3. The predicted octanol–water partition coefficient (Wildman–Crippen LogP) is 1.33.